The maximum atomic E-state index is 10.6. The molecule has 0 fully saturated rings. The molecule has 0 atom stereocenters. The highest BCUT2D eigenvalue weighted by Crippen LogP contribution is 2.08. The second-order valence-corrected chi connectivity index (χ2v) is 3.76. The van der Waals surface area contributed by atoms with E-state index in [0.717, 1.165) is 25.9 Å². The Morgan fingerprint density at radius 3 is 2.50 bits per heavy atom. The predicted octanol–water partition coefficient (Wildman–Crippen LogP) is 1.99. The Bertz CT molecular complexity index is 330. The van der Waals surface area contributed by atoms with Crippen LogP contribution in [0.4, 0.5) is 0 Å². The summed E-state index contributed by atoms with van der Waals surface area (Å²) in [6.07, 6.45) is 2.14. The Hall–Kier alpha value is -1.36. The van der Waals surface area contributed by atoms with E-state index in [-0.39, 0.29) is 5.69 Å². The number of hydrogen-bond donors (Lipinski definition) is 1. The van der Waals surface area contributed by atoms with Crippen LogP contribution in [-0.2, 0) is 6.54 Å². The SMILES string of the molecule is CCCN(CCC)Cc1cc(C(=O)O)no1. The normalized spacial score (nSPS) is 10.9. The van der Waals surface area contributed by atoms with Gasteiger partial charge in [-0.1, -0.05) is 19.0 Å². The lowest BCUT2D eigenvalue weighted by molar-refractivity contribution is 0.0685. The molecule has 0 bridgehead atoms. The number of carboxylic acids is 1. The number of nitrogens with zero attached hydrogens (tertiary/aromatic N) is 2. The van der Waals surface area contributed by atoms with Crippen molar-refractivity contribution in [1.82, 2.24) is 10.1 Å². The Morgan fingerprint density at radius 1 is 1.44 bits per heavy atom. The Labute approximate surface area is 95.0 Å². The molecular formula is C11H18N2O3. The first-order chi connectivity index (χ1) is 7.67. The summed E-state index contributed by atoms with van der Waals surface area (Å²) >= 11 is 0. The van der Waals surface area contributed by atoms with Crippen molar-refractivity contribution in [2.45, 2.75) is 33.2 Å². The highest BCUT2D eigenvalue weighted by atomic mass is 16.5. The molecule has 0 aromatic carbocycles. The van der Waals surface area contributed by atoms with E-state index >= 15 is 0 Å². The third kappa shape index (κ3) is 3.66. The largest absolute Gasteiger partial charge is 0.476 e. The number of aromatic nitrogens is 1. The maximum absolute atomic E-state index is 10.6. The van der Waals surface area contributed by atoms with Crippen LogP contribution in [0.1, 0.15) is 42.9 Å². The molecule has 90 valence electrons. The molecule has 1 heterocycles. The second-order valence-electron chi connectivity index (χ2n) is 3.76. The molecule has 1 aromatic rings. The number of carboxylic acid groups (broad SMARTS) is 1. The molecule has 0 aliphatic rings. The van der Waals surface area contributed by atoms with Crippen molar-refractivity contribution in [3.8, 4) is 0 Å². The molecular weight excluding hydrogens is 208 g/mol. The molecule has 0 spiro atoms. The third-order valence-electron chi connectivity index (χ3n) is 2.24. The molecule has 5 heteroatoms. The first-order valence-corrected chi connectivity index (χ1v) is 5.58. The second kappa shape index (κ2) is 6.27. The minimum absolute atomic E-state index is 0.0250. The average Bonchev–Trinajstić information content (AvgIpc) is 2.67. The van der Waals surface area contributed by atoms with Crippen LogP contribution in [0.25, 0.3) is 0 Å². The summed E-state index contributed by atoms with van der Waals surface area (Å²) in [5.74, 6) is -0.438. The van der Waals surface area contributed by atoms with Crippen LogP contribution in [0.15, 0.2) is 10.6 Å². The minimum atomic E-state index is -1.05. The van der Waals surface area contributed by atoms with Gasteiger partial charge in [-0.15, -0.1) is 0 Å². The number of rotatable bonds is 7. The van der Waals surface area contributed by atoms with Crippen LogP contribution < -0.4 is 0 Å². The van der Waals surface area contributed by atoms with Gasteiger partial charge in [-0.25, -0.2) is 4.79 Å². The highest BCUT2D eigenvalue weighted by molar-refractivity contribution is 5.85. The van der Waals surface area contributed by atoms with Crippen molar-refractivity contribution < 1.29 is 14.4 Å². The van der Waals surface area contributed by atoms with Gasteiger partial charge in [-0.2, -0.15) is 0 Å². The highest BCUT2D eigenvalue weighted by Gasteiger charge is 2.13. The van der Waals surface area contributed by atoms with Crippen molar-refractivity contribution in [2.75, 3.05) is 13.1 Å². The van der Waals surface area contributed by atoms with Gasteiger partial charge in [0.2, 0.25) is 0 Å². The fourth-order valence-electron chi connectivity index (χ4n) is 1.61. The zero-order valence-electron chi connectivity index (χ0n) is 9.77. The summed E-state index contributed by atoms with van der Waals surface area (Å²) in [7, 11) is 0. The molecule has 0 saturated carbocycles. The molecule has 1 rings (SSSR count). The fraction of sp³-hybridized carbons (Fsp3) is 0.636. The summed E-state index contributed by atoms with van der Waals surface area (Å²) in [4.78, 5) is 12.8. The summed E-state index contributed by atoms with van der Waals surface area (Å²) in [6.45, 7) is 6.83. The monoisotopic (exact) mass is 226 g/mol. The Balaban J connectivity index is 2.58. The summed E-state index contributed by atoms with van der Waals surface area (Å²) in [5, 5.41) is 12.2. The zero-order valence-corrected chi connectivity index (χ0v) is 9.77. The third-order valence-corrected chi connectivity index (χ3v) is 2.24. The smallest absolute Gasteiger partial charge is 0.358 e. The van der Waals surface area contributed by atoms with E-state index in [1.807, 2.05) is 0 Å². The number of hydrogen-bond acceptors (Lipinski definition) is 4. The van der Waals surface area contributed by atoms with Crippen LogP contribution in [0.3, 0.4) is 0 Å². The van der Waals surface area contributed by atoms with Crippen LogP contribution in [0, 0.1) is 0 Å². The molecule has 0 amide bonds. The quantitative estimate of drug-likeness (QED) is 0.770. The minimum Gasteiger partial charge on any atom is -0.476 e. The molecule has 16 heavy (non-hydrogen) atoms. The predicted molar refractivity (Wildman–Crippen MR) is 59.3 cm³/mol. The van der Waals surface area contributed by atoms with Gasteiger partial charge >= 0.3 is 5.97 Å². The van der Waals surface area contributed by atoms with Gasteiger partial charge in [-0.05, 0) is 25.9 Å². The van der Waals surface area contributed by atoms with Crippen LogP contribution in [0.5, 0.6) is 0 Å². The lowest BCUT2D eigenvalue weighted by atomic mass is 10.3. The van der Waals surface area contributed by atoms with E-state index in [1.54, 1.807) is 0 Å². The molecule has 5 nitrogen and oxygen atoms in total. The molecule has 1 aromatic heterocycles. The fourth-order valence-corrected chi connectivity index (χ4v) is 1.61. The zero-order chi connectivity index (χ0) is 12.0. The molecule has 0 unspecified atom stereocenters. The Morgan fingerprint density at radius 2 is 2.06 bits per heavy atom. The summed E-state index contributed by atoms with van der Waals surface area (Å²) in [6, 6.07) is 1.49. The van der Waals surface area contributed by atoms with E-state index in [0.29, 0.717) is 12.3 Å². The van der Waals surface area contributed by atoms with Gasteiger partial charge in [-0.3, -0.25) is 4.90 Å². The lowest BCUT2D eigenvalue weighted by Crippen LogP contribution is -2.24. The standard InChI is InChI=1S/C11H18N2O3/c1-3-5-13(6-4-2)8-9-7-10(11(14)15)12-16-9/h7H,3-6,8H2,1-2H3,(H,14,15). The Kier molecular flexibility index (Phi) is 4.98. The van der Waals surface area contributed by atoms with Crippen molar-refractivity contribution in [3.63, 3.8) is 0 Å². The number of carbonyl (C=O) groups is 1. The molecule has 1 N–H and O–H groups in total. The molecule has 0 aliphatic carbocycles. The molecule has 0 radical (unpaired) electrons. The first-order valence-electron chi connectivity index (χ1n) is 5.58. The van der Waals surface area contributed by atoms with E-state index in [2.05, 4.69) is 23.9 Å². The van der Waals surface area contributed by atoms with Crippen LogP contribution in [0.2, 0.25) is 0 Å². The van der Waals surface area contributed by atoms with Crippen molar-refractivity contribution in [3.05, 3.63) is 17.5 Å². The summed E-state index contributed by atoms with van der Waals surface area (Å²) in [5.41, 5.74) is -0.0250. The van der Waals surface area contributed by atoms with Crippen molar-refractivity contribution in [1.29, 1.82) is 0 Å². The van der Waals surface area contributed by atoms with Gasteiger partial charge in [0.05, 0.1) is 6.54 Å². The van der Waals surface area contributed by atoms with Crippen molar-refractivity contribution in [2.24, 2.45) is 0 Å². The van der Waals surface area contributed by atoms with Gasteiger partial charge < -0.3 is 9.63 Å². The topological polar surface area (TPSA) is 66.6 Å². The molecule has 0 aliphatic heterocycles. The van der Waals surface area contributed by atoms with E-state index in [9.17, 15) is 4.79 Å². The van der Waals surface area contributed by atoms with E-state index < -0.39 is 5.97 Å². The first kappa shape index (κ1) is 12.7. The number of aromatic carboxylic acids is 1. The van der Waals surface area contributed by atoms with Gasteiger partial charge in [0.15, 0.2) is 11.5 Å². The van der Waals surface area contributed by atoms with Crippen LogP contribution in [-0.4, -0.2) is 34.2 Å². The van der Waals surface area contributed by atoms with Crippen LogP contribution >= 0.6 is 0 Å². The lowest BCUT2D eigenvalue weighted by Gasteiger charge is -2.18. The summed E-state index contributed by atoms with van der Waals surface area (Å²) < 4.78 is 4.98. The average molecular weight is 226 g/mol. The van der Waals surface area contributed by atoms with E-state index in [1.165, 1.54) is 6.07 Å². The van der Waals surface area contributed by atoms with Gasteiger partial charge in [0.25, 0.3) is 0 Å². The maximum Gasteiger partial charge on any atom is 0.358 e. The van der Waals surface area contributed by atoms with E-state index in [4.69, 9.17) is 9.63 Å². The van der Waals surface area contributed by atoms with Gasteiger partial charge in [0.1, 0.15) is 0 Å². The molecule has 0 saturated heterocycles. The van der Waals surface area contributed by atoms with Gasteiger partial charge in [0, 0.05) is 6.07 Å². The van der Waals surface area contributed by atoms with Crippen molar-refractivity contribution >= 4 is 5.97 Å².